The molecule has 1 N–H and O–H groups in total. The van der Waals surface area contributed by atoms with Crippen LogP contribution >= 0.6 is 0 Å². The summed E-state index contributed by atoms with van der Waals surface area (Å²) in [6, 6.07) is 12.2. The van der Waals surface area contributed by atoms with E-state index in [2.05, 4.69) is 40.3 Å². The van der Waals surface area contributed by atoms with Crippen LogP contribution in [0.4, 0.5) is 5.69 Å². The van der Waals surface area contributed by atoms with Crippen LogP contribution in [-0.2, 0) is 17.7 Å². The van der Waals surface area contributed by atoms with E-state index in [0.29, 0.717) is 12.1 Å². The van der Waals surface area contributed by atoms with Crippen LogP contribution in [-0.4, -0.2) is 50.5 Å². The van der Waals surface area contributed by atoms with Crippen LogP contribution < -0.4 is 4.90 Å². The van der Waals surface area contributed by atoms with Crippen molar-refractivity contribution in [1.29, 1.82) is 0 Å². The predicted molar refractivity (Wildman–Crippen MR) is 142 cm³/mol. The Hall–Kier alpha value is -3.26. The molecule has 192 valence electrons. The molecule has 8 nitrogen and oxygen atoms in total. The molecule has 1 aliphatic heterocycles. The van der Waals surface area contributed by atoms with Crippen molar-refractivity contribution in [2.45, 2.75) is 71.9 Å². The van der Waals surface area contributed by atoms with Crippen molar-refractivity contribution in [3.63, 3.8) is 0 Å². The van der Waals surface area contributed by atoms with Gasteiger partial charge in [0.15, 0.2) is 6.10 Å². The van der Waals surface area contributed by atoms with Gasteiger partial charge in [-0.05, 0) is 70.6 Å². The summed E-state index contributed by atoms with van der Waals surface area (Å²) in [4.78, 5) is 13.1. The second-order valence-electron chi connectivity index (χ2n) is 9.77. The first-order valence-corrected chi connectivity index (χ1v) is 12.9. The van der Waals surface area contributed by atoms with Crippen LogP contribution in [0.3, 0.4) is 0 Å². The summed E-state index contributed by atoms with van der Waals surface area (Å²) in [6.07, 6.45) is 6.40. The van der Waals surface area contributed by atoms with E-state index in [-0.39, 0.29) is 18.8 Å². The van der Waals surface area contributed by atoms with Crippen molar-refractivity contribution in [3.05, 3.63) is 70.8 Å². The van der Waals surface area contributed by atoms with E-state index in [9.17, 15) is 5.11 Å². The number of nitrogens with zero attached hydrogens (tertiary/aromatic N) is 6. The number of aryl methyl sites for hydroxylation is 3. The maximum absolute atomic E-state index is 9.89. The predicted octanol–water partition coefficient (Wildman–Crippen LogP) is 4.75. The van der Waals surface area contributed by atoms with Crippen molar-refractivity contribution in [3.8, 4) is 0 Å². The topological polar surface area (TPSA) is 88.7 Å². The minimum absolute atomic E-state index is 0.0154. The van der Waals surface area contributed by atoms with E-state index in [1.165, 1.54) is 29.8 Å². The largest absolute Gasteiger partial charge is 0.394 e. The Balaban J connectivity index is 1.33. The molecule has 0 aliphatic carbocycles. The van der Waals surface area contributed by atoms with Gasteiger partial charge in [0.2, 0.25) is 0 Å². The lowest BCUT2D eigenvalue weighted by atomic mass is 10.1. The van der Waals surface area contributed by atoms with Gasteiger partial charge in [0, 0.05) is 25.2 Å². The van der Waals surface area contributed by atoms with Gasteiger partial charge in [-0.2, -0.15) is 0 Å². The number of aromatic nitrogens is 4. The molecule has 0 fully saturated rings. The number of aliphatic hydroxyl groups excluding tert-OH is 1. The van der Waals surface area contributed by atoms with Gasteiger partial charge in [-0.3, -0.25) is 4.98 Å². The summed E-state index contributed by atoms with van der Waals surface area (Å²) >= 11 is 0. The van der Waals surface area contributed by atoms with E-state index in [0.717, 1.165) is 42.9 Å². The Bertz CT molecular complexity index is 1160. The highest BCUT2D eigenvalue weighted by Gasteiger charge is 2.19. The number of hydrogen-bond donors (Lipinski definition) is 1. The molecule has 0 radical (unpaired) electrons. The summed E-state index contributed by atoms with van der Waals surface area (Å²) in [5.41, 5.74) is 7.62. The average molecular weight is 491 g/mol. The number of rotatable bonds is 10. The first-order chi connectivity index (χ1) is 17.4. The summed E-state index contributed by atoms with van der Waals surface area (Å²) in [7, 11) is 0. The maximum atomic E-state index is 9.89. The molecule has 1 aromatic carbocycles. The van der Waals surface area contributed by atoms with Gasteiger partial charge in [-0.1, -0.05) is 40.7 Å². The third-order valence-corrected chi connectivity index (χ3v) is 6.91. The van der Waals surface area contributed by atoms with Gasteiger partial charge in [-0.15, -0.1) is 5.10 Å². The number of hydrogen-bond acceptors (Lipinski definition) is 7. The lowest BCUT2D eigenvalue weighted by molar-refractivity contribution is 0.0685. The zero-order valence-electron chi connectivity index (χ0n) is 21.9. The third kappa shape index (κ3) is 6.49. The molecule has 2 atom stereocenters. The minimum atomic E-state index is -0.335. The first-order valence-electron chi connectivity index (χ1n) is 12.9. The highest BCUT2D eigenvalue weighted by atomic mass is 16.6. The van der Waals surface area contributed by atoms with Crippen LogP contribution in [0.5, 0.6) is 0 Å². The smallest absolute Gasteiger partial charge is 0.169 e. The Labute approximate surface area is 214 Å². The van der Waals surface area contributed by atoms with Crippen LogP contribution in [0, 0.1) is 13.8 Å². The Kier molecular flexibility index (Phi) is 8.70. The van der Waals surface area contributed by atoms with Crippen molar-refractivity contribution < 1.29 is 9.94 Å². The molecule has 4 rings (SSSR count). The fourth-order valence-electron chi connectivity index (χ4n) is 4.49. The Morgan fingerprint density at radius 3 is 2.78 bits per heavy atom. The fourth-order valence-corrected chi connectivity index (χ4v) is 4.49. The van der Waals surface area contributed by atoms with E-state index in [1.807, 2.05) is 50.4 Å². The molecule has 0 amide bonds. The molecule has 8 heteroatoms. The molecule has 3 aromatic rings. The second-order valence-corrected chi connectivity index (χ2v) is 9.77. The van der Waals surface area contributed by atoms with Gasteiger partial charge in [0.05, 0.1) is 35.9 Å². The molecular formula is C28H38N6O2. The lowest BCUT2D eigenvalue weighted by Crippen LogP contribution is -2.27. The van der Waals surface area contributed by atoms with Crippen LogP contribution in [0.15, 0.2) is 47.8 Å². The lowest BCUT2D eigenvalue weighted by Gasteiger charge is -2.25. The molecule has 3 heterocycles. The molecule has 0 saturated heterocycles. The quantitative estimate of drug-likeness (QED) is 0.326. The molecule has 1 aliphatic rings. The van der Waals surface area contributed by atoms with Crippen LogP contribution in [0.2, 0.25) is 0 Å². The first kappa shape index (κ1) is 25.8. The van der Waals surface area contributed by atoms with Gasteiger partial charge < -0.3 is 14.8 Å². The number of fused-ring (bicyclic) bond motifs is 1. The Morgan fingerprint density at radius 1 is 1.19 bits per heavy atom. The number of anilines is 1. The highest BCUT2D eigenvalue weighted by Crippen LogP contribution is 2.27. The summed E-state index contributed by atoms with van der Waals surface area (Å²) in [5, 5.41) is 22.8. The van der Waals surface area contributed by atoms with Gasteiger partial charge in [0.25, 0.3) is 0 Å². The van der Waals surface area contributed by atoms with Gasteiger partial charge in [-0.25, -0.2) is 4.68 Å². The fraction of sp³-hybridized carbons (Fsp3) is 0.500. The molecular weight excluding hydrogens is 452 g/mol. The number of pyridine rings is 1. The normalized spacial score (nSPS) is 15.8. The van der Waals surface area contributed by atoms with Crippen molar-refractivity contribution in [2.24, 2.45) is 5.16 Å². The summed E-state index contributed by atoms with van der Waals surface area (Å²) in [6.45, 7) is 10.1. The van der Waals surface area contributed by atoms with Gasteiger partial charge in [0.1, 0.15) is 5.69 Å². The SMILES string of the molecule is CC(CCN1CCCCc2nc(C)c(C)cc21)=NO[C@@H](C)c1cn([C@H](CO)Cc2ccccc2)nn1. The maximum Gasteiger partial charge on any atom is 0.169 e. The highest BCUT2D eigenvalue weighted by molar-refractivity contribution is 5.81. The molecule has 0 saturated carbocycles. The number of benzene rings is 1. The molecule has 0 spiro atoms. The second kappa shape index (κ2) is 12.1. The zero-order valence-corrected chi connectivity index (χ0v) is 21.9. The molecule has 0 unspecified atom stereocenters. The van der Waals surface area contributed by atoms with Crippen molar-refractivity contribution >= 4 is 11.4 Å². The van der Waals surface area contributed by atoms with E-state index in [4.69, 9.17) is 9.82 Å². The molecule has 2 aromatic heterocycles. The molecule has 0 bridgehead atoms. The van der Waals surface area contributed by atoms with E-state index < -0.39 is 0 Å². The Morgan fingerprint density at radius 2 is 2.00 bits per heavy atom. The minimum Gasteiger partial charge on any atom is -0.394 e. The van der Waals surface area contributed by atoms with Crippen LogP contribution in [0.25, 0.3) is 0 Å². The summed E-state index contributed by atoms with van der Waals surface area (Å²) in [5.74, 6) is 0. The van der Waals surface area contributed by atoms with Gasteiger partial charge >= 0.3 is 0 Å². The number of aliphatic hydroxyl groups is 1. The van der Waals surface area contributed by atoms with E-state index in [1.54, 1.807) is 4.68 Å². The average Bonchev–Trinajstić information content (AvgIpc) is 3.30. The number of oxime groups is 1. The monoisotopic (exact) mass is 490 g/mol. The summed E-state index contributed by atoms with van der Waals surface area (Å²) < 4.78 is 1.72. The standard InChI is InChI=1S/C28H38N6O2/c1-20-16-28-26(29-22(20)3)12-8-9-14-33(28)15-13-21(2)31-36-23(4)27-18-34(32-30-27)25(19-35)17-24-10-6-5-7-11-24/h5-7,10-11,16,18,23,25,35H,8-9,12-15,17,19H2,1-4H3/t23-,25-/m0/s1. The van der Waals surface area contributed by atoms with Crippen molar-refractivity contribution in [1.82, 2.24) is 20.0 Å². The van der Waals surface area contributed by atoms with Crippen molar-refractivity contribution in [2.75, 3.05) is 24.6 Å². The third-order valence-electron chi connectivity index (χ3n) is 6.91. The van der Waals surface area contributed by atoms with E-state index >= 15 is 0 Å². The van der Waals surface area contributed by atoms with Crippen LogP contribution in [0.1, 0.15) is 73.5 Å². The zero-order chi connectivity index (χ0) is 25.5. The molecule has 36 heavy (non-hydrogen) atoms.